The van der Waals surface area contributed by atoms with E-state index in [0.29, 0.717) is 11.5 Å². The number of carbonyl (C=O) groups is 2. The average Bonchev–Trinajstić information content (AvgIpc) is 3.40. The zero-order valence-corrected chi connectivity index (χ0v) is 17.5. The Bertz CT molecular complexity index is 1200. The van der Waals surface area contributed by atoms with Gasteiger partial charge in [-0.25, -0.2) is 4.98 Å². The van der Waals surface area contributed by atoms with Crippen LogP contribution in [0.25, 0.3) is 22.5 Å². The maximum absolute atomic E-state index is 12.7. The van der Waals surface area contributed by atoms with Gasteiger partial charge in [0, 0.05) is 18.9 Å². The minimum Gasteiger partial charge on any atom is -0.483 e. The standard InChI is InChI=1S/C22H21N5O.CH2O2/c1-14-15(2)23-21(12-17(14)16-8-5-4-6-9-16)24-22(28)19-13-18(25-26-19)20-10-7-11-27(20)3;2-1-3/h4-13H,1-3H3,(H,25,26)(H,23,24,28);1H,(H,2,3). The monoisotopic (exact) mass is 417 g/mol. The van der Waals surface area contributed by atoms with Crippen molar-refractivity contribution >= 4 is 18.2 Å². The number of carboxylic acid groups (broad SMARTS) is 1. The molecule has 0 bridgehead atoms. The van der Waals surface area contributed by atoms with E-state index >= 15 is 0 Å². The van der Waals surface area contributed by atoms with Crippen molar-refractivity contribution in [1.29, 1.82) is 0 Å². The lowest BCUT2D eigenvalue weighted by molar-refractivity contribution is -0.122. The van der Waals surface area contributed by atoms with E-state index in [0.717, 1.165) is 33.8 Å². The van der Waals surface area contributed by atoms with Crippen molar-refractivity contribution in [3.63, 3.8) is 0 Å². The third-order valence-corrected chi connectivity index (χ3v) is 4.87. The number of hydrogen-bond donors (Lipinski definition) is 3. The molecule has 0 aliphatic carbocycles. The maximum atomic E-state index is 12.7. The van der Waals surface area contributed by atoms with Crippen molar-refractivity contribution in [3.8, 4) is 22.5 Å². The number of rotatable bonds is 4. The lowest BCUT2D eigenvalue weighted by atomic mass is 10.0. The Labute approximate surface area is 179 Å². The predicted octanol–water partition coefficient (Wildman–Crippen LogP) is 4.05. The summed E-state index contributed by atoms with van der Waals surface area (Å²) < 4.78 is 1.95. The molecule has 3 heterocycles. The average molecular weight is 417 g/mol. The fraction of sp³-hybridized carbons (Fsp3) is 0.130. The molecule has 3 aromatic heterocycles. The SMILES string of the molecule is Cc1nc(NC(=O)c2cc(-c3cccn3C)n[nH]2)cc(-c2ccccc2)c1C.O=CO. The number of aromatic nitrogens is 4. The van der Waals surface area contributed by atoms with Crippen LogP contribution >= 0.6 is 0 Å². The first-order valence-electron chi connectivity index (χ1n) is 9.54. The molecular formula is C23H23N5O3. The van der Waals surface area contributed by atoms with E-state index in [1.807, 2.05) is 68.1 Å². The second kappa shape index (κ2) is 9.53. The Morgan fingerprint density at radius 3 is 2.48 bits per heavy atom. The smallest absolute Gasteiger partial charge is 0.290 e. The quantitative estimate of drug-likeness (QED) is 0.434. The van der Waals surface area contributed by atoms with Gasteiger partial charge >= 0.3 is 0 Å². The molecule has 31 heavy (non-hydrogen) atoms. The Morgan fingerprint density at radius 2 is 1.84 bits per heavy atom. The highest BCUT2D eigenvalue weighted by atomic mass is 16.3. The van der Waals surface area contributed by atoms with Gasteiger partial charge in [0.05, 0.1) is 5.69 Å². The van der Waals surface area contributed by atoms with Crippen molar-refractivity contribution in [2.45, 2.75) is 13.8 Å². The molecule has 3 N–H and O–H groups in total. The number of carbonyl (C=O) groups excluding carboxylic acids is 1. The van der Waals surface area contributed by atoms with E-state index in [1.54, 1.807) is 6.07 Å². The second-order valence-corrected chi connectivity index (χ2v) is 6.86. The fourth-order valence-corrected chi connectivity index (χ4v) is 3.20. The molecule has 1 amide bonds. The maximum Gasteiger partial charge on any atom is 0.290 e. The van der Waals surface area contributed by atoms with Crippen molar-refractivity contribution in [2.24, 2.45) is 7.05 Å². The van der Waals surface area contributed by atoms with Gasteiger partial charge in [0.1, 0.15) is 17.2 Å². The van der Waals surface area contributed by atoms with Crippen LogP contribution in [0.1, 0.15) is 21.7 Å². The normalized spacial score (nSPS) is 10.2. The molecule has 0 fully saturated rings. The van der Waals surface area contributed by atoms with Crippen LogP contribution in [-0.4, -0.2) is 37.2 Å². The van der Waals surface area contributed by atoms with Crippen molar-refractivity contribution in [1.82, 2.24) is 19.7 Å². The number of nitrogens with one attached hydrogen (secondary N) is 2. The van der Waals surface area contributed by atoms with E-state index in [2.05, 4.69) is 32.6 Å². The van der Waals surface area contributed by atoms with Gasteiger partial charge in [-0.3, -0.25) is 14.7 Å². The van der Waals surface area contributed by atoms with Crippen molar-refractivity contribution in [2.75, 3.05) is 5.32 Å². The first-order chi connectivity index (χ1) is 14.9. The topological polar surface area (TPSA) is 113 Å². The molecule has 0 aliphatic rings. The van der Waals surface area contributed by atoms with Gasteiger partial charge < -0.3 is 15.0 Å². The van der Waals surface area contributed by atoms with E-state index < -0.39 is 0 Å². The summed E-state index contributed by atoms with van der Waals surface area (Å²) >= 11 is 0. The highest BCUT2D eigenvalue weighted by molar-refractivity contribution is 6.03. The molecule has 0 aliphatic heterocycles. The molecule has 8 nitrogen and oxygen atoms in total. The van der Waals surface area contributed by atoms with Crippen LogP contribution in [0.15, 0.2) is 60.8 Å². The summed E-state index contributed by atoms with van der Waals surface area (Å²) in [5.41, 5.74) is 6.16. The number of aryl methyl sites for hydroxylation is 2. The molecule has 4 aromatic rings. The van der Waals surface area contributed by atoms with Gasteiger partial charge in [-0.05, 0) is 54.8 Å². The Morgan fingerprint density at radius 1 is 1.13 bits per heavy atom. The van der Waals surface area contributed by atoms with Crippen LogP contribution in [0.3, 0.4) is 0 Å². The minimum absolute atomic E-state index is 0.250. The molecule has 0 spiro atoms. The highest BCUT2D eigenvalue weighted by Crippen LogP contribution is 2.27. The molecule has 8 heteroatoms. The molecular weight excluding hydrogens is 394 g/mol. The highest BCUT2D eigenvalue weighted by Gasteiger charge is 2.15. The van der Waals surface area contributed by atoms with Gasteiger partial charge in [-0.15, -0.1) is 0 Å². The first-order valence-corrected chi connectivity index (χ1v) is 9.54. The molecule has 1 aromatic carbocycles. The predicted molar refractivity (Wildman–Crippen MR) is 119 cm³/mol. The van der Waals surface area contributed by atoms with Gasteiger partial charge in [0.2, 0.25) is 0 Å². The van der Waals surface area contributed by atoms with Gasteiger partial charge in [0.15, 0.2) is 0 Å². The van der Waals surface area contributed by atoms with Crippen LogP contribution in [0, 0.1) is 13.8 Å². The van der Waals surface area contributed by atoms with E-state index in [-0.39, 0.29) is 12.4 Å². The Kier molecular flexibility index (Phi) is 6.61. The van der Waals surface area contributed by atoms with E-state index in [4.69, 9.17) is 9.90 Å². The minimum atomic E-state index is -0.275. The third kappa shape index (κ3) is 4.87. The van der Waals surface area contributed by atoms with Crippen molar-refractivity contribution < 1.29 is 14.7 Å². The fourth-order valence-electron chi connectivity index (χ4n) is 3.20. The zero-order chi connectivity index (χ0) is 22.4. The first kappa shape index (κ1) is 21.5. The molecule has 0 saturated heterocycles. The van der Waals surface area contributed by atoms with E-state index in [1.165, 1.54) is 0 Å². The lowest BCUT2D eigenvalue weighted by Gasteiger charge is -2.12. The molecule has 0 atom stereocenters. The molecule has 4 rings (SSSR count). The van der Waals surface area contributed by atoms with Crippen LogP contribution in [0.5, 0.6) is 0 Å². The third-order valence-electron chi connectivity index (χ3n) is 4.87. The summed E-state index contributed by atoms with van der Waals surface area (Å²) in [6.45, 7) is 3.73. The van der Waals surface area contributed by atoms with E-state index in [9.17, 15) is 4.79 Å². The summed E-state index contributed by atoms with van der Waals surface area (Å²) in [7, 11) is 1.94. The summed E-state index contributed by atoms with van der Waals surface area (Å²) in [4.78, 5) is 25.6. The van der Waals surface area contributed by atoms with Crippen LogP contribution in [-0.2, 0) is 11.8 Å². The number of pyridine rings is 1. The molecule has 0 saturated carbocycles. The number of nitrogens with zero attached hydrogens (tertiary/aromatic N) is 3. The summed E-state index contributed by atoms with van der Waals surface area (Å²) in [5.74, 6) is 0.240. The number of amides is 1. The zero-order valence-electron chi connectivity index (χ0n) is 17.5. The van der Waals surface area contributed by atoms with Gasteiger partial charge in [-0.1, -0.05) is 30.3 Å². The molecule has 0 radical (unpaired) electrons. The second-order valence-electron chi connectivity index (χ2n) is 6.86. The summed E-state index contributed by atoms with van der Waals surface area (Å²) in [6, 6.07) is 17.6. The van der Waals surface area contributed by atoms with Gasteiger partial charge in [0.25, 0.3) is 12.4 Å². The van der Waals surface area contributed by atoms with Crippen LogP contribution < -0.4 is 5.32 Å². The summed E-state index contributed by atoms with van der Waals surface area (Å²) in [6.07, 6.45) is 1.94. The molecule has 158 valence electrons. The number of hydrogen-bond acceptors (Lipinski definition) is 4. The number of H-pyrrole nitrogens is 1. The largest absolute Gasteiger partial charge is 0.483 e. The Hall–Kier alpha value is -4.20. The number of benzene rings is 1. The number of aromatic amines is 1. The van der Waals surface area contributed by atoms with Crippen LogP contribution in [0.4, 0.5) is 5.82 Å². The lowest BCUT2D eigenvalue weighted by Crippen LogP contribution is -2.14. The summed E-state index contributed by atoms with van der Waals surface area (Å²) in [5, 5.41) is 16.8. The van der Waals surface area contributed by atoms with Crippen LogP contribution in [0.2, 0.25) is 0 Å². The van der Waals surface area contributed by atoms with Gasteiger partial charge in [-0.2, -0.15) is 5.10 Å². The number of anilines is 1. The molecule has 0 unspecified atom stereocenters. The van der Waals surface area contributed by atoms with Crippen molar-refractivity contribution in [3.05, 3.63) is 77.7 Å². The Balaban J connectivity index is 0.000000858.